The van der Waals surface area contributed by atoms with E-state index in [-0.39, 0.29) is 18.4 Å². The Kier molecular flexibility index (Phi) is 6.44. The van der Waals surface area contributed by atoms with Crippen LogP contribution in [0.3, 0.4) is 0 Å². The molecule has 0 fully saturated rings. The molecule has 6 heteroatoms. The van der Waals surface area contributed by atoms with E-state index in [0.717, 1.165) is 30.9 Å². The van der Waals surface area contributed by atoms with E-state index in [1.54, 1.807) is 24.1 Å². The van der Waals surface area contributed by atoms with Gasteiger partial charge in [0.15, 0.2) is 0 Å². The van der Waals surface area contributed by atoms with Crippen molar-refractivity contribution in [2.45, 2.75) is 25.9 Å². The molecule has 3 rings (SSSR count). The summed E-state index contributed by atoms with van der Waals surface area (Å²) in [5, 5.41) is 6.16. The maximum Gasteiger partial charge on any atom is 0.238 e. The summed E-state index contributed by atoms with van der Waals surface area (Å²) in [6.07, 6.45) is 0.992. The fourth-order valence-corrected chi connectivity index (χ4v) is 3.45. The highest BCUT2D eigenvalue weighted by molar-refractivity contribution is 5.93. The van der Waals surface area contributed by atoms with E-state index in [4.69, 9.17) is 0 Å². The Morgan fingerprint density at radius 1 is 1.11 bits per heavy atom. The van der Waals surface area contributed by atoms with Crippen molar-refractivity contribution in [3.8, 4) is 0 Å². The zero-order valence-electron chi connectivity index (χ0n) is 16.7. The van der Waals surface area contributed by atoms with E-state index in [1.165, 1.54) is 18.1 Å². The van der Waals surface area contributed by atoms with Crippen molar-refractivity contribution < 1.29 is 9.59 Å². The van der Waals surface area contributed by atoms with E-state index < -0.39 is 0 Å². The summed E-state index contributed by atoms with van der Waals surface area (Å²) in [5.41, 5.74) is 4.30. The number of rotatable bonds is 6. The third-order valence-electron chi connectivity index (χ3n) is 5.29. The van der Waals surface area contributed by atoms with Crippen molar-refractivity contribution in [2.75, 3.05) is 37.4 Å². The molecular formula is C22H28N4O2. The highest BCUT2D eigenvalue weighted by Gasteiger charge is 2.22. The van der Waals surface area contributed by atoms with Gasteiger partial charge in [0.1, 0.15) is 0 Å². The molecule has 1 aliphatic heterocycles. The van der Waals surface area contributed by atoms with E-state index >= 15 is 0 Å². The molecule has 6 nitrogen and oxygen atoms in total. The van der Waals surface area contributed by atoms with Crippen LogP contribution in [0.4, 0.5) is 11.4 Å². The minimum atomic E-state index is -0.0773. The fourth-order valence-electron chi connectivity index (χ4n) is 3.45. The maximum absolute atomic E-state index is 12.2. The summed E-state index contributed by atoms with van der Waals surface area (Å²) in [5.74, 6) is -0.108. The smallest absolute Gasteiger partial charge is 0.238 e. The maximum atomic E-state index is 12.2. The lowest BCUT2D eigenvalue weighted by Crippen LogP contribution is -2.45. The van der Waals surface area contributed by atoms with Crippen LogP contribution in [0, 0.1) is 0 Å². The average Bonchev–Trinajstić information content (AvgIpc) is 2.68. The Hall–Kier alpha value is -2.70. The molecule has 1 heterocycles. The number of anilines is 2. The first kappa shape index (κ1) is 20.0. The van der Waals surface area contributed by atoms with E-state index in [1.807, 2.05) is 12.1 Å². The van der Waals surface area contributed by atoms with Crippen molar-refractivity contribution >= 4 is 23.2 Å². The number of hydrogen-bond acceptors (Lipinski definition) is 4. The zero-order chi connectivity index (χ0) is 20.1. The Labute approximate surface area is 166 Å². The zero-order valence-corrected chi connectivity index (χ0v) is 16.7. The molecule has 28 heavy (non-hydrogen) atoms. The van der Waals surface area contributed by atoms with Crippen LogP contribution in [0.2, 0.25) is 0 Å². The summed E-state index contributed by atoms with van der Waals surface area (Å²) in [6, 6.07) is 16.2. The highest BCUT2D eigenvalue weighted by atomic mass is 16.2. The minimum Gasteiger partial charge on any atom is -0.325 e. The van der Waals surface area contributed by atoms with E-state index in [9.17, 15) is 9.59 Å². The Balaban J connectivity index is 1.45. The molecule has 148 valence electrons. The number of benzene rings is 2. The van der Waals surface area contributed by atoms with Gasteiger partial charge in [0.2, 0.25) is 11.8 Å². The first-order valence-corrected chi connectivity index (χ1v) is 9.56. The van der Waals surface area contributed by atoms with Gasteiger partial charge in [0.05, 0.1) is 6.54 Å². The number of nitrogens with one attached hydrogen (secondary N) is 2. The summed E-state index contributed by atoms with van der Waals surface area (Å²) >= 11 is 0. The van der Waals surface area contributed by atoms with Crippen molar-refractivity contribution in [1.29, 1.82) is 0 Å². The summed E-state index contributed by atoms with van der Waals surface area (Å²) < 4.78 is 0. The van der Waals surface area contributed by atoms with E-state index in [0.29, 0.717) is 6.04 Å². The SMILES string of the molecule is CC(=O)N(C)c1ccc(NC(=O)CNC[C@H]2Cc3ccccc3CN2C)cc1. The van der Waals surface area contributed by atoms with Crippen molar-refractivity contribution in [3.63, 3.8) is 0 Å². The molecule has 0 saturated heterocycles. The molecule has 0 aliphatic carbocycles. The van der Waals surface area contributed by atoms with Gasteiger partial charge in [-0.2, -0.15) is 0 Å². The van der Waals surface area contributed by atoms with Crippen molar-refractivity contribution in [3.05, 3.63) is 59.7 Å². The molecule has 1 aliphatic rings. The van der Waals surface area contributed by atoms with Crippen molar-refractivity contribution in [2.24, 2.45) is 0 Å². The average molecular weight is 380 g/mol. The first-order chi connectivity index (χ1) is 13.4. The van der Waals surface area contributed by atoms with Crippen molar-refractivity contribution in [1.82, 2.24) is 10.2 Å². The summed E-state index contributed by atoms with van der Waals surface area (Å²) in [7, 11) is 3.85. The van der Waals surface area contributed by atoms with Gasteiger partial charge >= 0.3 is 0 Å². The van der Waals surface area contributed by atoms with Gasteiger partial charge in [0, 0.05) is 44.5 Å². The molecule has 0 radical (unpaired) electrons. The lowest BCUT2D eigenvalue weighted by molar-refractivity contribution is -0.116. The Bertz CT molecular complexity index is 835. The third-order valence-corrected chi connectivity index (χ3v) is 5.29. The van der Waals surface area contributed by atoms with Crippen LogP contribution in [0.5, 0.6) is 0 Å². The van der Waals surface area contributed by atoms with Gasteiger partial charge < -0.3 is 15.5 Å². The standard InChI is InChI=1S/C22H28N4O2/c1-16(27)26(3)20-10-8-19(9-11-20)24-22(28)14-23-13-21-12-17-6-4-5-7-18(17)15-25(21)2/h4-11,21,23H,12-15H2,1-3H3,(H,24,28)/t21-/m1/s1. The number of carbonyl (C=O) groups is 2. The summed E-state index contributed by atoms with van der Waals surface area (Å²) in [6.45, 7) is 3.49. The highest BCUT2D eigenvalue weighted by Crippen LogP contribution is 2.21. The lowest BCUT2D eigenvalue weighted by atomic mass is 9.94. The quantitative estimate of drug-likeness (QED) is 0.807. The van der Waals surface area contributed by atoms with Gasteiger partial charge in [-0.25, -0.2) is 0 Å². The normalized spacial score (nSPS) is 16.3. The predicted octanol–water partition coefficient (Wildman–Crippen LogP) is 2.25. The second kappa shape index (κ2) is 8.99. The number of amides is 2. The first-order valence-electron chi connectivity index (χ1n) is 9.56. The minimum absolute atomic E-state index is 0.0312. The van der Waals surface area contributed by atoms with Crippen LogP contribution < -0.4 is 15.5 Å². The van der Waals surface area contributed by atoms with Crippen LogP contribution in [-0.4, -0.2) is 49.9 Å². The number of carbonyl (C=O) groups excluding carboxylic acids is 2. The fraction of sp³-hybridized carbons (Fsp3) is 0.364. The second-order valence-corrected chi connectivity index (χ2v) is 7.35. The molecule has 0 saturated carbocycles. The molecule has 1 atom stereocenters. The van der Waals surface area contributed by atoms with Crippen LogP contribution in [0.25, 0.3) is 0 Å². The van der Waals surface area contributed by atoms with Gasteiger partial charge in [0.25, 0.3) is 0 Å². The van der Waals surface area contributed by atoms with Gasteiger partial charge in [-0.1, -0.05) is 24.3 Å². The van der Waals surface area contributed by atoms with Crippen LogP contribution in [0.1, 0.15) is 18.1 Å². The summed E-state index contributed by atoms with van der Waals surface area (Å²) in [4.78, 5) is 27.5. The molecule has 2 amide bonds. The molecule has 0 unspecified atom stereocenters. The number of nitrogens with zero attached hydrogens (tertiary/aromatic N) is 2. The molecule has 0 spiro atoms. The van der Waals surface area contributed by atoms with E-state index in [2.05, 4.69) is 46.8 Å². The number of hydrogen-bond donors (Lipinski definition) is 2. The molecular weight excluding hydrogens is 352 g/mol. The third kappa shape index (κ3) is 4.97. The monoisotopic (exact) mass is 380 g/mol. The topological polar surface area (TPSA) is 64.7 Å². The second-order valence-electron chi connectivity index (χ2n) is 7.35. The lowest BCUT2D eigenvalue weighted by Gasteiger charge is -2.34. The van der Waals surface area contributed by atoms with Crippen LogP contribution in [-0.2, 0) is 22.6 Å². The molecule has 2 aromatic carbocycles. The molecule has 2 aromatic rings. The Morgan fingerprint density at radius 2 is 1.79 bits per heavy atom. The van der Waals surface area contributed by atoms with Gasteiger partial charge in [-0.15, -0.1) is 0 Å². The predicted molar refractivity (Wildman–Crippen MR) is 112 cm³/mol. The van der Waals surface area contributed by atoms with Crippen LogP contribution >= 0.6 is 0 Å². The van der Waals surface area contributed by atoms with Crippen LogP contribution in [0.15, 0.2) is 48.5 Å². The molecule has 2 N–H and O–H groups in total. The largest absolute Gasteiger partial charge is 0.325 e. The number of fused-ring (bicyclic) bond motifs is 1. The molecule has 0 aromatic heterocycles. The number of likely N-dealkylation sites (N-methyl/N-ethyl adjacent to an activating group) is 1. The van der Waals surface area contributed by atoms with Gasteiger partial charge in [-0.05, 0) is 48.9 Å². The Morgan fingerprint density at radius 3 is 2.46 bits per heavy atom. The van der Waals surface area contributed by atoms with Gasteiger partial charge in [-0.3, -0.25) is 14.5 Å². The molecule has 0 bridgehead atoms.